The van der Waals surface area contributed by atoms with Crippen LogP contribution in [0, 0.1) is 10.8 Å². The lowest BCUT2D eigenvalue weighted by Gasteiger charge is -2.48. The molecule has 2 aliphatic carbocycles. The maximum Gasteiger partial charge on any atom is 0.180 e. The average Bonchev–Trinajstić information content (AvgIpc) is 2.94. The van der Waals surface area contributed by atoms with Gasteiger partial charge in [-0.25, -0.2) is 0 Å². The van der Waals surface area contributed by atoms with Crippen molar-refractivity contribution in [3.63, 3.8) is 0 Å². The molecule has 0 amide bonds. The second-order valence-corrected chi connectivity index (χ2v) is 8.37. The molecule has 0 aromatic heterocycles. The zero-order valence-corrected chi connectivity index (χ0v) is 15.5. The van der Waals surface area contributed by atoms with Crippen molar-refractivity contribution in [1.29, 1.82) is 0 Å². The van der Waals surface area contributed by atoms with Crippen LogP contribution in [-0.2, 0) is 20.8 Å². The Morgan fingerprint density at radius 3 is 2.73 bits per heavy atom. The number of hydrogen-bond donors (Lipinski definition) is 0. The van der Waals surface area contributed by atoms with Crippen molar-refractivity contribution in [3.05, 3.63) is 54.1 Å². The molecule has 5 atom stereocenters. The highest BCUT2D eigenvalue weighted by Gasteiger charge is 2.78. The van der Waals surface area contributed by atoms with Crippen molar-refractivity contribution in [3.8, 4) is 5.75 Å². The Hall–Kier alpha value is -1.62. The Morgan fingerprint density at radius 2 is 2.04 bits per heavy atom. The molecule has 0 radical (unpaired) electrons. The number of ether oxygens (including phenoxy) is 4. The third-order valence-corrected chi connectivity index (χ3v) is 7.14. The van der Waals surface area contributed by atoms with E-state index in [0.29, 0.717) is 6.61 Å². The maximum atomic E-state index is 6.53. The van der Waals surface area contributed by atoms with E-state index in [1.165, 1.54) is 5.57 Å². The predicted octanol–water partition coefficient (Wildman–Crippen LogP) is 4.36. The van der Waals surface area contributed by atoms with Gasteiger partial charge in [-0.05, 0) is 37.0 Å². The highest BCUT2D eigenvalue weighted by molar-refractivity contribution is 5.32. The Bertz CT molecular complexity index is 769. The predicted molar refractivity (Wildman–Crippen MR) is 97.5 cm³/mol. The molecule has 4 nitrogen and oxygen atoms in total. The molecule has 138 valence electrons. The van der Waals surface area contributed by atoms with Crippen LogP contribution in [0.3, 0.4) is 0 Å². The van der Waals surface area contributed by atoms with Gasteiger partial charge in [-0.2, -0.15) is 0 Å². The van der Waals surface area contributed by atoms with E-state index < -0.39 is 5.79 Å². The topological polar surface area (TPSA) is 36.9 Å². The summed E-state index contributed by atoms with van der Waals surface area (Å²) in [5.41, 5.74) is 2.13. The van der Waals surface area contributed by atoms with Crippen molar-refractivity contribution in [2.45, 2.75) is 57.4 Å². The van der Waals surface area contributed by atoms with E-state index in [4.69, 9.17) is 18.9 Å². The SMILES string of the molecule is C=C1C=C[C@@]2(CC1)[C@@H]1O[C@H]3C[C@@](OCc4ccc(OC)cc4)(O1)[C@]2(C)C3. The van der Waals surface area contributed by atoms with Gasteiger partial charge in [0, 0.05) is 11.8 Å². The molecule has 3 aliphatic heterocycles. The number of rotatable bonds is 4. The third-order valence-electron chi connectivity index (χ3n) is 7.14. The zero-order chi connectivity index (χ0) is 18.0. The fourth-order valence-corrected chi connectivity index (χ4v) is 5.52. The highest BCUT2D eigenvalue weighted by atomic mass is 16.8. The van der Waals surface area contributed by atoms with Crippen molar-refractivity contribution in [1.82, 2.24) is 0 Å². The summed E-state index contributed by atoms with van der Waals surface area (Å²) in [7, 11) is 1.68. The van der Waals surface area contributed by atoms with E-state index in [2.05, 4.69) is 25.7 Å². The van der Waals surface area contributed by atoms with Crippen molar-refractivity contribution >= 4 is 0 Å². The van der Waals surface area contributed by atoms with E-state index in [1.54, 1.807) is 7.11 Å². The van der Waals surface area contributed by atoms with Crippen LogP contribution >= 0.6 is 0 Å². The number of methoxy groups -OCH3 is 1. The first-order valence-electron chi connectivity index (χ1n) is 9.47. The van der Waals surface area contributed by atoms with E-state index in [-0.39, 0.29) is 23.2 Å². The van der Waals surface area contributed by atoms with Crippen LogP contribution in [0.5, 0.6) is 5.75 Å². The lowest BCUT2D eigenvalue weighted by Crippen LogP contribution is -2.50. The maximum absolute atomic E-state index is 6.53. The van der Waals surface area contributed by atoms with E-state index >= 15 is 0 Å². The van der Waals surface area contributed by atoms with Crippen molar-refractivity contribution in [2.24, 2.45) is 10.8 Å². The monoisotopic (exact) mass is 354 g/mol. The summed E-state index contributed by atoms with van der Waals surface area (Å²) in [4.78, 5) is 0. The largest absolute Gasteiger partial charge is 0.497 e. The van der Waals surface area contributed by atoms with Gasteiger partial charge in [-0.3, -0.25) is 0 Å². The smallest absolute Gasteiger partial charge is 0.180 e. The van der Waals surface area contributed by atoms with Crippen molar-refractivity contribution in [2.75, 3.05) is 7.11 Å². The van der Waals surface area contributed by atoms with Gasteiger partial charge < -0.3 is 18.9 Å². The Kier molecular flexibility index (Phi) is 3.46. The summed E-state index contributed by atoms with van der Waals surface area (Å²) in [5.74, 6) is 0.291. The van der Waals surface area contributed by atoms with Crippen LogP contribution in [0.1, 0.15) is 38.2 Å². The second-order valence-electron chi connectivity index (χ2n) is 8.37. The molecule has 4 fully saturated rings. The summed E-state index contributed by atoms with van der Waals surface area (Å²) in [6.45, 7) is 6.98. The molecule has 6 rings (SSSR count). The van der Waals surface area contributed by atoms with Gasteiger partial charge in [0.2, 0.25) is 0 Å². The van der Waals surface area contributed by atoms with Gasteiger partial charge in [-0.1, -0.05) is 43.4 Å². The number of allylic oxidation sites excluding steroid dienone is 2. The molecule has 5 aliphatic rings. The first-order chi connectivity index (χ1) is 12.5. The van der Waals surface area contributed by atoms with Gasteiger partial charge in [0.25, 0.3) is 0 Å². The normalized spacial score (nSPS) is 42.8. The molecule has 4 bridgehead atoms. The molecule has 0 N–H and O–H groups in total. The average molecular weight is 354 g/mol. The van der Waals surface area contributed by atoms with Crippen LogP contribution in [-0.4, -0.2) is 25.3 Å². The molecule has 3 heterocycles. The minimum Gasteiger partial charge on any atom is -0.497 e. The molecular weight excluding hydrogens is 328 g/mol. The molecule has 1 saturated carbocycles. The summed E-state index contributed by atoms with van der Waals surface area (Å²) in [6.07, 6.45) is 8.29. The van der Waals surface area contributed by atoms with Crippen LogP contribution in [0.2, 0.25) is 0 Å². The Morgan fingerprint density at radius 1 is 1.23 bits per heavy atom. The van der Waals surface area contributed by atoms with Crippen LogP contribution < -0.4 is 4.74 Å². The van der Waals surface area contributed by atoms with Gasteiger partial charge in [0.05, 0.1) is 25.2 Å². The van der Waals surface area contributed by atoms with Gasteiger partial charge in [0.15, 0.2) is 12.1 Å². The lowest BCUT2D eigenvalue weighted by atomic mass is 9.58. The fourth-order valence-electron chi connectivity index (χ4n) is 5.52. The third kappa shape index (κ3) is 2.01. The zero-order valence-electron chi connectivity index (χ0n) is 15.5. The second kappa shape index (κ2) is 5.44. The standard InChI is InChI=1S/C22H26O4/c1-15-8-10-21(11-9-15)19-25-18-12-20(21,2)22(13-18,26-19)24-14-16-4-6-17(23-3)7-5-16/h4-8,10,18-19H,1,9,11-14H2,2-3H3/t18-,19-,20-,21-,22-/m1/s1. The molecule has 4 heteroatoms. The van der Waals surface area contributed by atoms with Crippen LogP contribution in [0.15, 0.2) is 48.6 Å². The van der Waals surface area contributed by atoms with Crippen molar-refractivity contribution < 1.29 is 18.9 Å². The summed E-state index contributed by atoms with van der Waals surface area (Å²) >= 11 is 0. The minimum atomic E-state index is -0.566. The van der Waals surface area contributed by atoms with Crippen LogP contribution in [0.4, 0.5) is 0 Å². The molecule has 1 spiro atoms. The summed E-state index contributed by atoms with van der Waals surface area (Å²) < 4.78 is 24.5. The molecule has 1 aromatic carbocycles. The summed E-state index contributed by atoms with van der Waals surface area (Å²) in [6, 6.07) is 8.04. The van der Waals surface area contributed by atoms with Crippen LogP contribution in [0.25, 0.3) is 0 Å². The fraction of sp³-hybridized carbons (Fsp3) is 0.545. The molecule has 1 aromatic rings. The molecule has 0 unspecified atom stereocenters. The van der Waals surface area contributed by atoms with Gasteiger partial charge in [-0.15, -0.1) is 0 Å². The summed E-state index contributed by atoms with van der Waals surface area (Å²) in [5, 5.41) is 0. The van der Waals surface area contributed by atoms with E-state index in [0.717, 1.165) is 37.0 Å². The first-order valence-corrected chi connectivity index (χ1v) is 9.47. The number of hydrogen-bond acceptors (Lipinski definition) is 4. The molecular formula is C22H26O4. The minimum absolute atomic E-state index is 0.0722. The Labute approximate surface area is 154 Å². The Balaban J connectivity index is 1.43. The quantitative estimate of drug-likeness (QED) is 0.805. The molecule has 3 saturated heterocycles. The first kappa shape index (κ1) is 16.5. The van der Waals surface area contributed by atoms with E-state index in [1.807, 2.05) is 24.3 Å². The van der Waals surface area contributed by atoms with Gasteiger partial charge in [0.1, 0.15) is 5.75 Å². The lowest BCUT2D eigenvalue weighted by molar-refractivity contribution is -0.327. The van der Waals surface area contributed by atoms with E-state index in [9.17, 15) is 0 Å². The number of benzene rings is 1. The molecule has 26 heavy (non-hydrogen) atoms. The highest BCUT2D eigenvalue weighted by Crippen LogP contribution is 2.73. The van der Waals surface area contributed by atoms with Gasteiger partial charge >= 0.3 is 0 Å².